The zero-order chi connectivity index (χ0) is 21.7. The number of nitrogens with zero attached hydrogens (tertiary/aromatic N) is 2. The lowest BCUT2D eigenvalue weighted by molar-refractivity contribution is -0.117. The van der Waals surface area contributed by atoms with Gasteiger partial charge in [0.1, 0.15) is 5.58 Å². The van der Waals surface area contributed by atoms with E-state index in [-0.39, 0.29) is 11.7 Å². The SMILES string of the molecule is O=C(C[C@H]1CN2CCC1CC2)c1cc2cccc(-c3ccc(N4CCCC4=O)cc3)c2o1. The van der Waals surface area contributed by atoms with Crippen LogP contribution < -0.4 is 4.90 Å². The first kappa shape index (κ1) is 19.7. The molecule has 1 atom stereocenters. The minimum absolute atomic E-state index is 0.119. The molecular formula is C27H28N2O3. The summed E-state index contributed by atoms with van der Waals surface area (Å²) < 4.78 is 6.16. The molecule has 1 aromatic heterocycles. The van der Waals surface area contributed by atoms with Crippen LogP contribution in [-0.2, 0) is 4.79 Å². The molecule has 4 fully saturated rings. The lowest BCUT2D eigenvalue weighted by Gasteiger charge is -2.44. The summed E-state index contributed by atoms with van der Waals surface area (Å²) in [6.07, 6.45) is 4.57. The highest BCUT2D eigenvalue weighted by molar-refractivity contribution is 6.01. The summed E-state index contributed by atoms with van der Waals surface area (Å²) in [5.74, 6) is 1.93. The average molecular weight is 429 g/mol. The summed E-state index contributed by atoms with van der Waals surface area (Å²) in [6.45, 7) is 4.22. The molecule has 0 radical (unpaired) electrons. The van der Waals surface area contributed by atoms with E-state index in [0.717, 1.165) is 47.3 Å². The first-order valence-corrected chi connectivity index (χ1v) is 11.8. The van der Waals surface area contributed by atoms with Crippen LogP contribution in [0.2, 0.25) is 0 Å². The average Bonchev–Trinajstić information content (AvgIpc) is 3.46. The number of hydrogen-bond donors (Lipinski definition) is 0. The van der Waals surface area contributed by atoms with Crippen LogP contribution in [0.1, 0.15) is 42.7 Å². The molecule has 0 saturated carbocycles. The zero-order valence-electron chi connectivity index (χ0n) is 18.3. The molecule has 7 rings (SSSR count). The fourth-order valence-corrected chi connectivity index (χ4v) is 5.83. The van der Waals surface area contributed by atoms with Gasteiger partial charge >= 0.3 is 0 Å². The van der Waals surface area contributed by atoms with E-state index in [1.165, 1.54) is 25.9 Å². The number of carbonyl (C=O) groups is 2. The normalized spacial score (nSPS) is 25.1. The van der Waals surface area contributed by atoms with Crippen molar-refractivity contribution >= 4 is 28.3 Å². The molecular weight excluding hydrogens is 400 g/mol. The lowest BCUT2D eigenvalue weighted by atomic mass is 9.76. The molecule has 32 heavy (non-hydrogen) atoms. The number of piperidine rings is 3. The Hall–Kier alpha value is -2.92. The van der Waals surface area contributed by atoms with Gasteiger partial charge in [0.25, 0.3) is 0 Å². The van der Waals surface area contributed by atoms with Crippen LogP contribution >= 0.6 is 0 Å². The predicted molar refractivity (Wildman–Crippen MR) is 125 cm³/mol. The van der Waals surface area contributed by atoms with Crippen LogP contribution in [0.4, 0.5) is 5.69 Å². The number of anilines is 1. The highest BCUT2D eigenvalue weighted by atomic mass is 16.3. The van der Waals surface area contributed by atoms with Gasteiger partial charge in [-0.25, -0.2) is 0 Å². The molecule has 0 unspecified atom stereocenters. The predicted octanol–water partition coefficient (Wildman–Crippen LogP) is 5.14. The van der Waals surface area contributed by atoms with Gasteiger partial charge in [0.2, 0.25) is 5.91 Å². The number of hydrogen-bond acceptors (Lipinski definition) is 4. The Balaban J connectivity index is 1.25. The van der Waals surface area contributed by atoms with Crippen molar-refractivity contribution in [3.63, 3.8) is 0 Å². The van der Waals surface area contributed by atoms with Crippen molar-refractivity contribution in [1.82, 2.24) is 4.90 Å². The summed E-state index contributed by atoms with van der Waals surface area (Å²) in [4.78, 5) is 29.5. The number of carbonyl (C=O) groups excluding carboxylic acids is 2. The third-order valence-corrected chi connectivity index (χ3v) is 7.62. The largest absolute Gasteiger partial charge is 0.452 e. The number of fused-ring (bicyclic) bond motifs is 4. The second-order valence-electron chi connectivity index (χ2n) is 9.56. The van der Waals surface area contributed by atoms with Crippen LogP contribution in [-0.4, -0.2) is 42.8 Å². The fourth-order valence-electron chi connectivity index (χ4n) is 5.83. The standard InChI is InChI=1S/C27H28N2O3/c30-24(15-21-17-28-13-10-18(21)11-14-28)25-16-20-3-1-4-23(27(20)32-25)19-6-8-22(9-7-19)29-12-2-5-26(29)31/h1,3-4,6-9,16,18,21H,2,5,10-15,17H2/t21-/m0/s1. The number of furan rings is 1. The van der Waals surface area contributed by atoms with Gasteiger partial charge in [0.15, 0.2) is 11.5 Å². The van der Waals surface area contributed by atoms with E-state index >= 15 is 0 Å². The molecule has 4 saturated heterocycles. The van der Waals surface area contributed by atoms with Gasteiger partial charge in [0, 0.05) is 42.6 Å². The fraction of sp³-hybridized carbons (Fsp3) is 0.407. The molecule has 4 aliphatic rings. The van der Waals surface area contributed by atoms with E-state index in [1.807, 2.05) is 53.4 Å². The minimum atomic E-state index is 0.119. The maximum atomic E-state index is 13.1. The highest BCUT2D eigenvalue weighted by Crippen LogP contribution is 2.37. The first-order chi connectivity index (χ1) is 15.7. The molecule has 164 valence electrons. The van der Waals surface area contributed by atoms with Crippen LogP contribution in [0, 0.1) is 11.8 Å². The Morgan fingerprint density at radius 3 is 2.53 bits per heavy atom. The van der Waals surface area contributed by atoms with Crippen LogP contribution in [0.15, 0.2) is 52.9 Å². The topological polar surface area (TPSA) is 53.8 Å². The Morgan fingerprint density at radius 1 is 1.03 bits per heavy atom. The van der Waals surface area contributed by atoms with E-state index in [9.17, 15) is 9.59 Å². The van der Waals surface area contributed by atoms with Gasteiger partial charge in [-0.15, -0.1) is 0 Å². The van der Waals surface area contributed by atoms with Crippen LogP contribution in [0.5, 0.6) is 0 Å². The van der Waals surface area contributed by atoms with E-state index in [4.69, 9.17) is 4.42 Å². The van der Waals surface area contributed by atoms with Crippen molar-refractivity contribution < 1.29 is 14.0 Å². The van der Waals surface area contributed by atoms with Crippen molar-refractivity contribution in [3.8, 4) is 11.1 Å². The minimum Gasteiger partial charge on any atom is -0.452 e. The van der Waals surface area contributed by atoms with E-state index in [0.29, 0.717) is 30.4 Å². The summed E-state index contributed by atoms with van der Waals surface area (Å²) >= 11 is 0. The van der Waals surface area contributed by atoms with Crippen LogP contribution in [0.3, 0.4) is 0 Å². The second kappa shape index (κ2) is 7.89. The Bertz CT molecular complexity index is 1170. The quantitative estimate of drug-likeness (QED) is 0.528. The van der Waals surface area contributed by atoms with Crippen LogP contribution in [0.25, 0.3) is 22.1 Å². The number of para-hydroxylation sites is 1. The summed E-state index contributed by atoms with van der Waals surface area (Å²) in [5, 5.41) is 0.957. The number of ketones is 1. The maximum absolute atomic E-state index is 13.1. The Morgan fingerprint density at radius 2 is 1.84 bits per heavy atom. The smallest absolute Gasteiger partial charge is 0.227 e. The number of Topliss-reactive ketones (excluding diaryl/α,β-unsaturated/α-hetero) is 1. The lowest BCUT2D eigenvalue weighted by Crippen LogP contribution is -2.47. The zero-order valence-corrected chi connectivity index (χ0v) is 18.3. The molecule has 5 nitrogen and oxygen atoms in total. The molecule has 1 amide bonds. The number of benzene rings is 2. The van der Waals surface area contributed by atoms with Crippen molar-refractivity contribution in [2.24, 2.45) is 11.8 Å². The third-order valence-electron chi connectivity index (χ3n) is 7.62. The summed E-state index contributed by atoms with van der Waals surface area (Å²) in [5.41, 5.74) is 3.70. The van der Waals surface area contributed by atoms with Crippen molar-refractivity contribution in [2.45, 2.75) is 32.1 Å². The number of rotatable bonds is 5. The van der Waals surface area contributed by atoms with Gasteiger partial charge in [-0.2, -0.15) is 0 Å². The molecule has 3 aromatic rings. The molecule has 2 aromatic carbocycles. The summed E-state index contributed by atoms with van der Waals surface area (Å²) in [6, 6.07) is 16.0. The molecule has 0 N–H and O–H groups in total. The molecule has 0 spiro atoms. The molecule has 0 aliphatic carbocycles. The van der Waals surface area contributed by atoms with E-state index < -0.39 is 0 Å². The Labute approximate surface area is 188 Å². The van der Waals surface area contributed by atoms with Gasteiger partial charge < -0.3 is 14.2 Å². The van der Waals surface area contributed by atoms with Gasteiger partial charge in [-0.1, -0.05) is 30.3 Å². The van der Waals surface area contributed by atoms with Gasteiger partial charge in [-0.05, 0) is 68.0 Å². The van der Waals surface area contributed by atoms with Gasteiger partial charge in [0.05, 0.1) is 0 Å². The molecule has 4 aliphatic heterocycles. The van der Waals surface area contributed by atoms with Crippen molar-refractivity contribution in [3.05, 3.63) is 54.3 Å². The second-order valence-corrected chi connectivity index (χ2v) is 9.56. The van der Waals surface area contributed by atoms with Crippen molar-refractivity contribution in [2.75, 3.05) is 31.1 Å². The first-order valence-electron chi connectivity index (χ1n) is 11.8. The maximum Gasteiger partial charge on any atom is 0.227 e. The molecule has 5 heterocycles. The third kappa shape index (κ3) is 3.45. The van der Waals surface area contributed by atoms with Crippen molar-refractivity contribution in [1.29, 1.82) is 0 Å². The monoisotopic (exact) mass is 428 g/mol. The Kier molecular flexibility index (Phi) is 4.87. The summed E-state index contributed by atoms with van der Waals surface area (Å²) in [7, 11) is 0. The number of amides is 1. The molecule has 5 heteroatoms. The highest BCUT2D eigenvalue weighted by Gasteiger charge is 2.35. The van der Waals surface area contributed by atoms with E-state index in [2.05, 4.69) is 4.90 Å². The molecule has 2 bridgehead atoms. The van der Waals surface area contributed by atoms with E-state index in [1.54, 1.807) is 0 Å². The van der Waals surface area contributed by atoms with Gasteiger partial charge in [-0.3, -0.25) is 9.59 Å².